The number of nitriles is 1. The number of fused-ring (bicyclic) bond motifs is 1. The zero-order chi connectivity index (χ0) is 22.7. The number of alkyl halides is 3. The number of hydrogen-bond donors (Lipinski definition) is 1. The smallest absolute Gasteiger partial charge is 0.355 e. The normalized spacial score (nSPS) is 17.4. The molecule has 2 aromatic heterocycles. The standard InChI is InChI=1S/C22H24F3N5OS/c23-22(24,25)15-6-7-19(27-13-15)30-9-3-8-29(10-11-30)14-20(31)28-21-17(12-26)16-4-1-2-5-18(16)32-21/h6-7,13H,1-5,8-11,14H2,(H,28,31). The number of anilines is 2. The molecule has 1 aliphatic heterocycles. The Labute approximate surface area is 188 Å². The maximum absolute atomic E-state index is 12.8. The van der Waals surface area contributed by atoms with Gasteiger partial charge in [-0.3, -0.25) is 9.69 Å². The van der Waals surface area contributed by atoms with Crippen LogP contribution in [0.1, 0.15) is 40.8 Å². The summed E-state index contributed by atoms with van der Waals surface area (Å²) in [7, 11) is 0. The Morgan fingerprint density at radius 2 is 1.97 bits per heavy atom. The molecule has 0 unspecified atom stereocenters. The highest BCUT2D eigenvalue weighted by Gasteiger charge is 2.31. The number of rotatable bonds is 4. The molecule has 4 rings (SSSR count). The van der Waals surface area contributed by atoms with Crippen molar-refractivity contribution in [2.24, 2.45) is 0 Å². The van der Waals surface area contributed by atoms with Crippen molar-refractivity contribution < 1.29 is 18.0 Å². The predicted octanol–water partition coefficient (Wildman–Crippen LogP) is 4.06. The lowest BCUT2D eigenvalue weighted by Crippen LogP contribution is -2.36. The van der Waals surface area contributed by atoms with E-state index in [1.54, 1.807) is 0 Å². The van der Waals surface area contributed by atoms with E-state index in [0.29, 0.717) is 42.6 Å². The van der Waals surface area contributed by atoms with E-state index in [4.69, 9.17) is 0 Å². The van der Waals surface area contributed by atoms with Gasteiger partial charge in [-0.25, -0.2) is 4.98 Å². The molecule has 1 amide bonds. The maximum atomic E-state index is 12.8. The Bertz CT molecular complexity index is 1010. The minimum Gasteiger partial charge on any atom is -0.355 e. The molecule has 2 aromatic rings. The summed E-state index contributed by atoms with van der Waals surface area (Å²) < 4.78 is 38.3. The zero-order valence-electron chi connectivity index (χ0n) is 17.5. The Kier molecular flexibility index (Phi) is 6.67. The van der Waals surface area contributed by atoms with Crippen molar-refractivity contribution >= 4 is 28.1 Å². The van der Waals surface area contributed by atoms with Crippen molar-refractivity contribution in [3.63, 3.8) is 0 Å². The lowest BCUT2D eigenvalue weighted by molar-refractivity contribution is -0.137. The SMILES string of the molecule is N#Cc1c(NC(=O)CN2CCCN(c3ccc(C(F)(F)F)cn3)CC2)sc2c1CCCC2. The third-order valence-corrected chi connectivity index (χ3v) is 7.10. The van der Waals surface area contributed by atoms with Crippen molar-refractivity contribution in [2.45, 2.75) is 38.3 Å². The van der Waals surface area contributed by atoms with E-state index in [1.807, 2.05) is 9.80 Å². The lowest BCUT2D eigenvalue weighted by Gasteiger charge is -2.22. The fourth-order valence-electron chi connectivity index (χ4n) is 4.24. The summed E-state index contributed by atoms with van der Waals surface area (Å²) in [6.07, 6.45) is 1.27. The molecule has 170 valence electrons. The van der Waals surface area contributed by atoms with Crippen molar-refractivity contribution in [3.8, 4) is 6.07 Å². The number of amides is 1. The number of pyridine rings is 1. The number of aromatic nitrogens is 1. The molecular formula is C22H24F3N5OS. The number of hydrogen-bond acceptors (Lipinski definition) is 6. The van der Waals surface area contributed by atoms with Crippen molar-refractivity contribution in [2.75, 3.05) is 42.9 Å². The molecule has 0 spiro atoms. The van der Waals surface area contributed by atoms with Gasteiger partial charge in [0, 0.05) is 37.3 Å². The second-order valence-corrected chi connectivity index (χ2v) is 9.20. The Hall–Kier alpha value is -2.64. The summed E-state index contributed by atoms with van der Waals surface area (Å²) in [4.78, 5) is 21.8. The van der Waals surface area contributed by atoms with E-state index >= 15 is 0 Å². The van der Waals surface area contributed by atoms with Crippen LogP contribution in [0.25, 0.3) is 0 Å². The first-order chi connectivity index (χ1) is 15.3. The third kappa shape index (κ3) is 5.05. The Morgan fingerprint density at radius 3 is 2.69 bits per heavy atom. The van der Waals surface area contributed by atoms with Crippen LogP contribution < -0.4 is 10.2 Å². The number of thiophene rings is 1. The number of nitrogens with zero attached hydrogens (tertiary/aromatic N) is 4. The van der Waals surface area contributed by atoms with Crippen LogP contribution in [0.15, 0.2) is 18.3 Å². The number of aryl methyl sites for hydroxylation is 1. The molecule has 10 heteroatoms. The number of halogens is 3. The monoisotopic (exact) mass is 463 g/mol. The number of nitrogens with one attached hydrogen (secondary N) is 1. The van der Waals surface area contributed by atoms with Crippen LogP contribution >= 0.6 is 11.3 Å². The van der Waals surface area contributed by atoms with Crippen molar-refractivity contribution in [1.82, 2.24) is 9.88 Å². The largest absolute Gasteiger partial charge is 0.417 e. The quantitative estimate of drug-likeness (QED) is 0.740. The van der Waals surface area contributed by atoms with Crippen LogP contribution in [0, 0.1) is 11.3 Å². The first-order valence-corrected chi connectivity index (χ1v) is 11.5. The minimum atomic E-state index is -4.40. The van der Waals surface area contributed by atoms with E-state index in [2.05, 4.69) is 16.4 Å². The van der Waals surface area contributed by atoms with Gasteiger partial charge in [0.2, 0.25) is 5.91 Å². The molecule has 2 aliphatic rings. The van der Waals surface area contributed by atoms with Crippen molar-refractivity contribution in [3.05, 3.63) is 39.9 Å². The summed E-state index contributed by atoms with van der Waals surface area (Å²) in [6, 6.07) is 4.70. The number of carbonyl (C=O) groups is 1. The average Bonchev–Trinajstić information content (AvgIpc) is 2.94. The van der Waals surface area contributed by atoms with E-state index < -0.39 is 11.7 Å². The van der Waals surface area contributed by atoms with Crippen LogP contribution in [0.3, 0.4) is 0 Å². The molecule has 1 fully saturated rings. The molecule has 32 heavy (non-hydrogen) atoms. The van der Waals surface area contributed by atoms with Crippen LogP contribution in [-0.2, 0) is 23.8 Å². The second-order valence-electron chi connectivity index (χ2n) is 8.09. The van der Waals surface area contributed by atoms with Crippen molar-refractivity contribution in [1.29, 1.82) is 5.26 Å². The molecule has 0 saturated carbocycles. The lowest BCUT2D eigenvalue weighted by atomic mass is 9.96. The molecule has 1 saturated heterocycles. The maximum Gasteiger partial charge on any atom is 0.417 e. The fourth-order valence-corrected chi connectivity index (χ4v) is 5.50. The molecule has 0 atom stereocenters. The Balaban J connectivity index is 1.34. The molecule has 0 aromatic carbocycles. The van der Waals surface area contributed by atoms with Gasteiger partial charge in [-0.15, -0.1) is 11.3 Å². The van der Waals surface area contributed by atoms with Gasteiger partial charge in [0.15, 0.2) is 0 Å². The highest BCUT2D eigenvalue weighted by atomic mass is 32.1. The van der Waals surface area contributed by atoms with E-state index in [9.17, 15) is 23.2 Å². The summed E-state index contributed by atoms with van der Waals surface area (Å²) in [5, 5.41) is 13.1. The van der Waals surface area contributed by atoms with Crippen LogP contribution in [0.2, 0.25) is 0 Å². The van der Waals surface area contributed by atoms with E-state index in [-0.39, 0.29) is 12.5 Å². The van der Waals surface area contributed by atoms with Gasteiger partial charge in [0.25, 0.3) is 0 Å². The van der Waals surface area contributed by atoms with Crippen LogP contribution in [0.5, 0.6) is 0 Å². The zero-order valence-corrected chi connectivity index (χ0v) is 18.4. The van der Waals surface area contributed by atoms with Gasteiger partial charge in [-0.05, 0) is 49.8 Å². The molecular weight excluding hydrogens is 439 g/mol. The molecule has 3 heterocycles. The summed E-state index contributed by atoms with van der Waals surface area (Å²) >= 11 is 1.51. The first-order valence-electron chi connectivity index (χ1n) is 10.7. The molecule has 1 aliphatic carbocycles. The van der Waals surface area contributed by atoms with Gasteiger partial charge in [0.05, 0.1) is 17.7 Å². The summed E-state index contributed by atoms with van der Waals surface area (Å²) in [6.45, 7) is 2.75. The fraction of sp³-hybridized carbons (Fsp3) is 0.500. The molecule has 0 bridgehead atoms. The number of carbonyl (C=O) groups excluding carboxylic acids is 1. The van der Waals surface area contributed by atoms with Gasteiger partial charge in [-0.2, -0.15) is 18.4 Å². The van der Waals surface area contributed by atoms with Crippen LogP contribution in [0.4, 0.5) is 24.0 Å². The first kappa shape index (κ1) is 22.6. The molecule has 0 radical (unpaired) electrons. The highest BCUT2D eigenvalue weighted by molar-refractivity contribution is 7.16. The van der Waals surface area contributed by atoms with E-state index in [1.165, 1.54) is 22.3 Å². The minimum absolute atomic E-state index is 0.152. The second kappa shape index (κ2) is 9.46. The predicted molar refractivity (Wildman–Crippen MR) is 117 cm³/mol. The summed E-state index contributed by atoms with van der Waals surface area (Å²) in [5.41, 5.74) is 0.934. The topological polar surface area (TPSA) is 72.3 Å². The third-order valence-electron chi connectivity index (χ3n) is 5.89. The van der Waals surface area contributed by atoms with Gasteiger partial charge in [0.1, 0.15) is 16.9 Å². The van der Waals surface area contributed by atoms with Crippen LogP contribution in [-0.4, -0.2) is 48.5 Å². The molecule has 6 nitrogen and oxygen atoms in total. The summed E-state index contributed by atoms with van der Waals surface area (Å²) in [5.74, 6) is 0.355. The van der Waals surface area contributed by atoms with Gasteiger partial charge in [-0.1, -0.05) is 0 Å². The van der Waals surface area contributed by atoms with E-state index in [0.717, 1.165) is 49.9 Å². The van der Waals surface area contributed by atoms with Gasteiger partial charge >= 0.3 is 6.18 Å². The van der Waals surface area contributed by atoms with Gasteiger partial charge < -0.3 is 10.2 Å². The highest BCUT2D eigenvalue weighted by Crippen LogP contribution is 2.37. The average molecular weight is 464 g/mol. The Morgan fingerprint density at radius 1 is 1.16 bits per heavy atom. The molecule has 1 N–H and O–H groups in total.